The zero-order chi connectivity index (χ0) is 23.5. The molecule has 0 amide bonds. The smallest absolute Gasteiger partial charge is 0.342 e. The number of aromatic nitrogens is 1. The number of morpholine rings is 1. The highest BCUT2D eigenvalue weighted by Crippen LogP contribution is 2.33. The van der Waals surface area contributed by atoms with Crippen molar-refractivity contribution in [1.82, 2.24) is 9.88 Å². The van der Waals surface area contributed by atoms with Crippen LogP contribution >= 0.6 is 0 Å². The lowest BCUT2D eigenvalue weighted by atomic mass is 10.1. The van der Waals surface area contributed by atoms with E-state index < -0.39 is 10.1 Å². The monoisotopic (exact) mass is 480 g/mol. The molecule has 0 spiro atoms. The Morgan fingerprint density at radius 1 is 0.971 bits per heavy atom. The van der Waals surface area contributed by atoms with Gasteiger partial charge in [0, 0.05) is 30.8 Å². The van der Waals surface area contributed by atoms with E-state index in [-0.39, 0.29) is 16.4 Å². The molecule has 0 bridgehead atoms. The molecule has 0 unspecified atom stereocenters. The Morgan fingerprint density at radius 3 is 2.53 bits per heavy atom. The minimum absolute atomic E-state index is 0.0298. The maximum absolute atomic E-state index is 13.1. The van der Waals surface area contributed by atoms with Crippen LogP contribution in [0.1, 0.15) is 5.56 Å². The lowest BCUT2D eigenvalue weighted by molar-refractivity contribution is 0.0340. The molecule has 0 saturated carbocycles. The van der Waals surface area contributed by atoms with Gasteiger partial charge in [0.05, 0.1) is 20.3 Å². The molecular formula is C25H24N2O6S. The summed E-state index contributed by atoms with van der Waals surface area (Å²) in [4.78, 5) is 6.73. The molecule has 5 rings (SSSR count). The van der Waals surface area contributed by atoms with Crippen LogP contribution in [-0.4, -0.2) is 51.7 Å². The van der Waals surface area contributed by atoms with Gasteiger partial charge in [-0.25, -0.2) is 4.98 Å². The van der Waals surface area contributed by atoms with Crippen molar-refractivity contribution in [2.45, 2.75) is 11.4 Å². The number of nitrogens with zero attached hydrogens (tertiary/aromatic N) is 2. The lowest BCUT2D eigenvalue weighted by Crippen LogP contribution is -2.35. The number of ether oxygens (including phenoxy) is 2. The summed E-state index contributed by atoms with van der Waals surface area (Å²) in [6.45, 7) is 3.23. The largest absolute Gasteiger partial charge is 0.495 e. The number of hydrogen-bond acceptors (Lipinski definition) is 8. The zero-order valence-electron chi connectivity index (χ0n) is 18.6. The van der Waals surface area contributed by atoms with Crippen molar-refractivity contribution in [2.75, 3.05) is 33.4 Å². The number of rotatable bonds is 7. The number of methoxy groups -OCH3 is 1. The normalized spacial score (nSPS) is 14.9. The second kappa shape index (κ2) is 9.46. The van der Waals surface area contributed by atoms with E-state index in [0.717, 1.165) is 24.2 Å². The molecule has 1 aliphatic heterocycles. The third-order valence-electron chi connectivity index (χ3n) is 5.64. The minimum atomic E-state index is -4.12. The van der Waals surface area contributed by atoms with Crippen molar-refractivity contribution in [3.63, 3.8) is 0 Å². The number of hydrogen-bond donors (Lipinski definition) is 0. The topological polar surface area (TPSA) is 91.1 Å². The molecule has 0 aliphatic carbocycles. The SMILES string of the molecule is COc1ccccc1S(=O)(=O)Oc1ccc(-c2nc3ccccc3o2)cc1CN1CCOCC1. The van der Waals surface area contributed by atoms with Crippen LogP contribution in [0.2, 0.25) is 0 Å². The molecule has 3 aromatic carbocycles. The first-order valence-corrected chi connectivity index (χ1v) is 12.3. The number of fused-ring (bicyclic) bond motifs is 1. The van der Waals surface area contributed by atoms with E-state index in [1.54, 1.807) is 30.3 Å². The van der Waals surface area contributed by atoms with Gasteiger partial charge in [-0.05, 0) is 42.5 Å². The minimum Gasteiger partial charge on any atom is -0.495 e. The Kier molecular flexibility index (Phi) is 6.23. The van der Waals surface area contributed by atoms with Crippen LogP contribution in [0.15, 0.2) is 76.0 Å². The molecule has 0 N–H and O–H groups in total. The van der Waals surface area contributed by atoms with Gasteiger partial charge in [0.25, 0.3) is 0 Å². The fraction of sp³-hybridized carbons (Fsp3) is 0.240. The predicted octanol–water partition coefficient (Wildman–Crippen LogP) is 4.10. The molecule has 1 saturated heterocycles. The Hall–Kier alpha value is -3.40. The molecule has 34 heavy (non-hydrogen) atoms. The zero-order valence-corrected chi connectivity index (χ0v) is 19.5. The lowest BCUT2D eigenvalue weighted by Gasteiger charge is -2.27. The van der Waals surface area contributed by atoms with Gasteiger partial charge in [-0.15, -0.1) is 0 Å². The standard InChI is InChI=1S/C25H24N2O6S/c1-30-23-8-4-5-9-24(23)34(28,29)33-21-11-10-18(16-19(21)17-27-12-14-31-15-13-27)25-26-20-6-2-3-7-22(20)32-25/h2-11,16H,12-15,17H2,1H3. The van der Waals surface area contributed by atoms with E-state index in [4.69, 9.17) is 18.1 Å². The van der Waals surface area contributed by atoms with Gasteiger partial charge in [0.1, 0.15) is 21.9 Å². The molecule has 2 heterocycles. The maximum atomic E-state index is 13.1. The summed E-state index contributed by atoms with van der Waals surface area (Å²) in [5.41, 5.74) is 2.89. The molecule has 4 aromatic rings. The Bertz CT molecular complexity index is 1380. The summed E-state index contributed by atoms with van der Waals surface area (Å²) >= 11 is 0. The van der Waals surface area contributed by atoms with E-state index in [2.05, 4.69) is 9.88 Å². The fourth-order valence-corrected chi connectivity index (χ4v) is 5.03. The van der Waals surface area contributed by atoms with Gasteiger partial charge in [-0.2, -0.15) is 8.42 Å². The van der Waals surface area contributed by atoms with Crippen molar-refractivity contribution in [3.8, 4) is 23.0 Å². The van der Waals surface area contributed by atoms with Crippen LogP contribution in [0.25, 0.3) is 22.6 Å². The highest BCUT2D eigenvalue weighted by molar-refractivity contribution is 7.87. The molecule has 176 valence electrons. The summed E-state index contributed by atoms with van der Waals surface area (Å²) in [5.74, 6) is 0.932. The Morgan fingerprint density at radius 2 is 1.74 bits per heavy atom. The van der Waals surface area contributed by atoms with Crippen LogP contribution in [0, 0.1) is 0 Å². The van der Waals surface area contributed by atoms with Crippen molar-refractivity contribution in [1.29, 1.82) is 0 Å². The average Bonchev–Trinajstić information content (AvgIpc) is 3.30. The van der Waals surface area contributed by atoms with Crippen molar-refractivity contribution >= 4 is 21.2 Å². The van der Waals surface area contributed by atoms with Crippen LogP contribution in [-0.2, 0) is 21.4 Å². The van der Waals surface area contributed by atoms with E-state index in [1.807, 2.05) is 30.3 Å². The van der Waals surface area contributed by atoms with Gasteiger partial charge in [-0.3, -0.25) is 4.90 Å². The third-order valence-corrected chi connectivity index (χ3v) is 6.91. The molecule has 1 aromatic heterocycles. The molecule has 1 aliphatic rings. The molecular weight excluding hydrogens is 456 g/mol. The second-order valence-corrected chi connectivity index (χ2v) is 9.40. The third kappa shape index (κ3) is 4.63. The first kappa shape index (κ1) is 22.4. The van der Waals surface area contributed by atoms with Gasteiger partial charge >= 0.3 is 10.1 Å². The summed E-state index contributed by atoms with van der Waals surface area (Å²) in [7, 11) is -2.70. The van der Waals surface area contributed by atoms with Gasteiger partial charge in [-0.1, -0.05) is 24.3 Å². The first-order valence-electron chi connectivity index (χ1n) is 10.9. The quantitative estimate of drug-likeness (QED) is 0.365. The van der Waals surface area contributed by atoms with E-state index in [1.165, 1.54) is 13.2 Å². The van der Waals surface area contributed by atoms with Crippen LogP contribution < -0.4 is 8.92 Å². The van der Waals surface area contributed by atoms with E-state index in [0.29, 0.717) is 36.8 Å². The molecule has 0 atom stereocenters. The van der Waals surface area contributed by atoms with Crippen LogP contribution in [0.3, 0.4) is 0 Å². The summed E-state index contributed by atoms with van der Waals surface area (Å²) in [6, 6.07) is 19.2. The molecule has 9 heteroatoms. The Balaban J connectivity index is 1.52. The van der Waals surface area contributed by atoms with Crippen molar-refractivity contribution in [3.05, 3.63) is 72.3 Å². The number of benzene rings is 3. The fourth-order valence-electron chi connectivity index (χ4n) is 3.90. The van der Waals surface area contributed by atoms with Gasteiger partial charge in [0.15, 0.2) is 5.58 Å². The summed E-state index contributed by atoms with van der Waals surface area (Å²) < 4.78 is 48.5. The summed E-state index contributed by atoms with van der Waals surface area (Å²) in [6.07, 6.45) is 0. The first-order chi connectivity index (χ1) is 16.5. The van der Waals surface area contributed by atoms with E-state index >= 15 is 0 Å². The van der Waals surface area contributed by atoms with Crippen molar-refractivity contribution < 1.29 is 26.5 Å². The predicted molar refractivity (Wildman–Crippen MR) is 126 cm³/mol. The highest BCUT2D eigenvalue weighted by Gasteiger charge is 2.24. The van der Waals surface area contributed by atoms with Crippen molar-refractivity contribution in [2.24, 2.45) is 0 Å². The second-order valence-electron chi connectivity index (χ2n) is 7.89. The van der Waals surface area contributed by atoms with Gasteiger partial charge in [0.2, 0.25) is 5.89 Å². The van der Waals surface area contributed by atoms with Crippen LogP contribution in [0.5, 0.6) is 11.5 Å². The maximum Gasteiger partial charge on any atom is 0.342 e. The van der Waals surface area contributed by atoms with Crippen LogP contribution in [0.4, 0.5) is 0 Å². The molecule has 1 fully saturated rings. The molecule has 0 radical (unpaired) electrons. The average molecular weight is 481 g/mol. The van der Waals surface area contributed by atoms with E-state index in [9.17, 15) is 8.42 Å². The van der Waals surface area contributed by atoms with Gasteiger partial charge < -0.3 is 18.1 Å². The summed E-state index contributed by atoms with van der Waals surface area (Å²) in [5, 5.41) is 0. The molecule has 8 nitrogen and oxygen atoms in total. The highest BCUT2D eigenvalue weighted by atomic mass is 32.2. The Labute approximate surface area is 197 Å². The number of para-hydroxylation sites is 3. The number of oxazole rings is 1.